The van der Waals surface area contributed by atoms with Crippen molar-refractivity contribution in [1.82, 2.24) is 4.98 Å². The number of hydrogen-bond donors (Lipinski definition) is 1. The first kappa shape index (κ1) is 17.6. The van der Waals surface area contributed by atoms with Crippen LogP contribution in [0.3, 0.4) is 0 Å². The van der Waals surface area contributed by atoms with Crippen molar-refractivity contribution in [3.8, 4) is 11.3 Å². The molecule has 1 aromatic heterocycles. The lowest BCUT2D eigenvalue weighted by atomic mass is 10.1. The molecule has 0 bridgehead atoms. The average molecular weight is 372 g/mol. The lowest BCUT2D eigenvalue weighted by Crippen LogP contribution is -2.15. The van der Waals surface area contributed by atoms with E-state index in [0.29, 0.717) is 5.75 Å². The van der Waals surface area contributed by atoms with E-state index in [4.69, 9.17) is 0 Å². The number of aromatic nitrogens is 1. The molecule has 0 aliphatic carbocycles. The SMILES string of the molecule is Cc1cccc(NC(=O)CSc2nc(-c3ccc(F)cc3)cs2)c1C. The van der Waals surface area contributed by atoms with Gasteiger partial charge in [-0.15, -0.1) is 11.3 Å². The fourth-order valence-electron chi connectivity index (χ4n) is 2.28. The van der Waals surface area contributed by atoms with Gasteiger partial charge in [-0.3, -0.25) is 4.79 Å². The van der Waals surface area contributed by atoms with Gasteiger partial charge in [0.2, 0.25) is 5.91 Å². The maximum absolute atomic E-state index is 13.0. The molecule has 0 fully saturated rings. The Morgan fingerprint density at radius 3 is 2.72 bits per heavy atom. The molecule has 0 atom stereocenters. The first-order chi connectivity index (χ1) is 12.0. The summed E-state index contributed by atoms with van der Waals surface area (Å²) in [6.07, 6.45) is 0. The topological polar surface area (TPSA) is 42.0 Å². The minimum absolute atomic E-state index is 0.0581. The average Bonchev–Trinajstić information content (AvgIpc) is 3.07. The number of anilines is 1. The standard InChI is InChI=1S/C19H17FN2OS2/c1-12-4-3-5-16(13(12)2)21-18(23)11-25-19-22-17(10-24-19)14-6-8-15(20)9-7-14/h3-10H,11H2,1-2H3,(H,21,23). The summed E-state index contributed by atoms with van der Waals surface area (Å²) in [4.78, 5) is 16.7. The van der Waals surface area contributed by atoms with Crippen LogP contribution in [0, 0.1) is 19.7 Å². The third-order valence-electron chi connectivity index (χ3n) is 3.83. The minimum Gasteiger partial charge on any atom is -0.325 e. The Morgan fingerprint density at radius 1 is 1.20 bits per heavy atom. The number of carbonyl (C=O) groups is 1. The molecule has 0 radical (unpaired) electrons. The number of carbonyl (C=O) groups excluding carboxylic acids is 1. The van der Waals surface area contributed by atoms with Gasteiger partial charge in [0.15, 0.2) is 4.34 Å². The summed E-state index contributed by atoms with van der Waals surface area (Å²) >= 11 is 2.88. The molecule has 1 amide bonds. The van der Waals surface area contributed by atoms with E-state index < -0.39 is 0 Å². The maximum Gasteiger partial charge on any atom is 0.234 e. The van der Waals surface area contributed by atoms with Crippen LogP contribution >= 0.6 is 23.1 Å². The van der Waals surface area contributed by atoms with E-state index in [9.17, 15) is 9.18 Å². The molecule has 128 valence electrons. The van der Waals surface area contributed by atoms with Gasteiger partial charge in [-0.1, -0.05) is 23.9 Å². The number of hydrogen-bond acceptors (Lipinski definition) is 4. The Kier molecular flexibility index (Phi) is 5.50. The highest BCUT2D eigenvalue weighted by Crippen LogP contribution is 2.28. The van der Waals surface area contributed by atoms with Gasteiger partial charge in [0.1, 0.15) is 5.82 Å². The Balaban J connectivity index is 1.59. The van der Waals surface area contributed by atoms with Crippen molar-refractivity contribution in [1.29, 1.82) is 0 Å². The fourth-order valence-corrected chi connectivity index (χ4v) is 3.91. The molecule has 0 aliphatic rings. The summed E-state index contributed by atoms with van der Waals surface area (Å²) in [7, 11) is 0. The number of halogens is 1. The molecule has 25 heavy (non-hydrogen) atoms. The normalized spacial score (nSPS) is 10.7. The van der Waals surface area contributed by atoms with Gasteiger partial charge in [0.25, 0.3) is 0 Å². The number of amides is 1. The number of thiazole rings is 1. The smallest absolute Gasteiger partial charge is 0.234 e. The molecule has 0 saturated carbocycles. The number of nitrogens with zero attached hydrogens (tertiary/aromatic N) is 1. The molecule has 3 aromatic rings. The van der Waals surface area contributed by atoms with Gasteiger partial charge in [-0.2, -0.15) is 0 Å². The van der Waals surface area contributed by atoms with Gasteiger partial charge in [-0.05, 0) is 55.3 Å². The molecule has 0 spiro atoms. The van der Waals surface area contributed by atoms with Crippen LogP contribution in [0.2, 0.25) is 0 Å². The van der Waals surface area contributed by atoms with Crippen molar-refractivity contribution in [2.24, 2.45) is 0 Å². The zero-order valence-corrected chi connectivity index (χ0v) is 15.5. The molecule has 3 nitrogen and oxygen atoms in total. The lowest BCUT2D eigenvalue weighted by molar-refractivity contribution is -0.113. The summed E-state index contributed by atoms with van der Waals surface area (Å²) in [6, 6.07) is 12.1. The molecule has 2 aromatic carbocycles. The molecule has 6 heteroatoms. The molecule has 0 aliphatic heterocycles. The van der Waals surface area contributed by atoms with E-state index in [-0.39, 0.29) is 11.7 Å². The first-order valence-electron chi connectivity index (χ1n) is 7.73. The van der Waals surface area contributed by atoms with E-state index in [0.717, 1.165) is 32.4 Å². The van der Waals surface area contributed by atoms with Crippen LogP contribution in [-0.2, 0) is 4.79 Å². The van der Waals surface area contributed by atoms with Crippen molar-refractivity contribution in [2.45, 2.75) is 18.2 Å². The van der Waals surface area contributed by atoms with Crippen LogP contribution < -0.4 is 5.32 Å². The van der Waals surface area contributed by atoms with E-state index >= 15 is 0 Å². The molecule has 1 heterocycles. The number of nitrogens with one attached hydrogen (secondary N) is 1. The van der Waals surface area contributed by atoms with Crippen LogP contribution in [-0.4, -0.2) is 16.6 Å². The summed E-state index contributed by atoms with van der Waals surface area (Å²) in [5.41, 5.74) is 4.73. The van der Waals surface area contributed by atoms with E-state index in [2.05, 4.69) is 10.3 Å². The number of benzene rings is 2. The highest BCUT2D eigenvalue weighted by atomic mass is 32.2. The molecule has 0 saturated heterocycles. The van der Waals surface area contributed by atoms with Crippen molar-refractivity contribution < 1.29 is 9.18 Å². The maximum atomic E-state index is 13.0. The monoisotopic (exact) mass is 372 g/mol. The van der Waals surface area contributed by atoms with Crippen molar-refractivity contribution in [2.75, 3.05) is 11.1 Å². The van der Waals surface area contributed by atoms with Crippen LogP contribution in [0.1, 0.15) is 11.1 Å². The van der Waals surface area contributed by atoms with Crippen LogP contribution in [0.15, 0.2) is 52.2 Å². The molecular formula is C19H17FN2OS2. The lowest BCUT2D eigenvalue weighted by Gasteiger charge is -2.09. The Bertz CT molecular complexity index is 891. The largest absolute Gasteiger partial charge is 0.325 e. The van der Waals surface area contributed by atoms with Crippen LogP contribution in [0.5, 0.6) is 0 Å². The zero-order chi connectivity index (χ0) is 17.8. The second-order valence-corrected chi connectivity index (χ2v) is 7.67. The second-order valence-electron chi connectivity index (χ2n) is 5.59. The molecular weight excluding hydrogens is 355 g/mol. The van der Waals surface area contributed by atoms with Gasteiger partial charge in [0.05, 0.1) is 11.4 Å². The number of thioether (sulfide) groups is 1. The zero-order valence-electron chi connectivity index (χ0n) is 13.9. The quantitative estimate of drug-likeness (QED) is 0.618. The van der Waals surface area contributed by atoms with Gasteiger partial charge in [-0.25, -0.2) is 9.37 Å². The number of aryl methyl sites for hydroxylation is 1. The molecule has 1 N–H and O–H groups in total. The minimum atomic E-state index is -0.267. The third-order valence-corrected chi connectivity index (χ3v) is 5.85. The summed E-state index contributed by atoms with van der Waals surface area (Å²) in [6.45, 7) is 4.01. The fraction of sp³-hybridized carbons (Fsp3) is 0.158. The Morgan fingerprint density at radius 2 is 1.96 bits per heavy atom. The van der Waals surface area contributed by atoms with Crippen molar-refractivity contribution >= 4 is 34.7 Å². The van der Waals surface area contributed by atoms with E-state index in [1.807, 2.05) is 37.4 Å². The predicted molar refractivity (Wildman–Crippen MR) is 103 cm³/mol. The van der Waals surface area contributed by atoms with Gasteiger partial charge in [0, 0.05) is 16.6 Å². The van der Waals surface area contributed by atoms with Gasteiger partial charge >= 0.3 is 0 Å². The second kappa shape index (κ2) is 7.80. The summed E-state index contributed by atoms with van der Waals surface area (Å²) < 4.78 is 13.8. The van der Waals surface area contributed by atoms with E-state index in [1.54, 1.807) is 12.1 Å². The first-order valence-corrected chi connectivity index (χ1v) is 9.60. The third kappa shape index (κ3) is 4.46. The van der Waals surface area contributed by atoms with Gasteiger partial charge < -0.3 is 5.32 Å². The summed E-state index contributed by atoms with van der Waals surface area (Å²) in [5.74, 6) is -0.0297. The van der Waals surface area contributed by atoms with Crippen molar-refractivity contribution in [3.05, 3.63) is 64.8 Å². The Labute approximate surface area is 154 Å². The predicted octanol–water partition coefficient (Wildman–Crippen LogP) is 5.30. The van der Waals surface area contributed by atoms with E-state index in [1.165, 1.54) is 35.2 Å². The van der Waals surface area contributed by atoms with Crippen molar-refractivity contribution in [3.63, 3.8) is 0 Å². The molecule has 3 rings (SSSR count). The highest BCUT2D eigenvalue weighted by Gasteiger charge is 2.10. The summed E-state index contributed by atoms with van der Waals surface area (Å²) in [5, 5.41) is 4.86. The highest BCUT2D eigenvalue weighted by molar-refractivity contribution is 8.01. The number of rotatable bonds is 5. The van der Waals surface area contributed by atoms with Crippen LogP contribution in [0.4, 0.5) is 10.1 Å². The van der Waals surface area contributed by atoms with Crippen LogP contribution in [0.25, 0.3) is 11.3 Å². The molecule has 0 unspecified atom stereocenters. The Hall–Kier alpha value is -2.18.